The molecule has 1 atom stereocenters. The van der Waals surface area contributed by atoms with Crippen LogP contribution in [0.1, 0.15) is 36.6 Å². The van der Waals surface area contributed by atoms with Crippen LogP contribution in [0.2, 0.25) is 5.02 Å². The molecule has 0 saturated heterocycles. The molecule has 0 fully saturated rings. The minimum Gasteiger partial charge on any atom is -0.503 e. The Bertz CT molecular complexity index is 1260. The topological polar surface area (TPSA) is 132 Å². The van der Waals surface area contributed by atoms with Gasteiger partial charge in [-0.3, -0.25) is 5.32 Å². The van der Waals surface area contributed by atoms with Crippen molar-refractivity contribution in [2.45, 2.75) is 38.6 Å². The van der Waals surface area contributed by atoms with Crippen LogP contribution in [-0.2, 0) is 10.0 Å². The second-order valence-corrected chi connectivity index (χ2v) is 12.5. The molecule has 180 valence electrons. The Morgan fingerprint density at radius 3 is 2.45 bits per heavy atom. The number of phenolic OH excluding ortho intramolecular Hbond substituents is 1. The van der Waals surface area contributed by atoms with E-state index in [1.54, 1.807) is 11.3 Å². The molecule has 0 aliphatic carbocycles. The summed E-state index contributed by atoms with van der Waals surface area (Å²) in [6.07, 6.45) is 0. The third-order valence-corrected chi connectivity index (χ3v) is 8.28. The molecule has 0 amide bonds. The third kappa shape index (κ3) is 5.03. The molecule has 3 aromatic rings. The van der Waals surface area contributed by atoms with Crippen molar-refractivity contribution in [3.8, 4) is 5.75 Å². The van der Waals surface area contributed by atoms with Crippen LogP contribution >= 0.6 is 22.9 Å². The number of aromatic hydroxyl groups is 1. The summed E-state index contributed by atoms with van der Waals surface area (Å²) in [6, 6.07) is 6.56. The van der Waals surface area contributed by atoms with Gasteiger partial charge in [0.2, 0.25) is 10.0 Å². The SMILES string of the molecule is Cc1ccc([C@H](Nc2no[n+](O)c2Nc2ccc(Cl)c(S(=O)(=O)N(C)C)c2O)C(C)(C)C)s1. The number of rotatable bonds is 7. The van der Waals surface area contributed by atoms with E-state index in [0.717, 1.165) is 14.1 Å². The van der Waals surface area contributed by atoms with Gasteiger partial charge in [0, 0.05) is 23.8 Å². The van der Waals surface area contributed by atoms with Gasteiger partial charge in [0.25, 0.3) is 0 Å². The zero-order valence-electron chi connectivity index (χ0n) is 19.0. The molecule has 0 aliphatic rings. The van der Waals surface area contributed by atoms with Crippen molar-refractivity contribution in [1.29, 1.82) is 0 Å². The number of phenols is 1. The van der Waals surface area contributed by atoms with Crippen LogP contribution in [-0.4, -0.2) is 42.3 Å². The molecule has 2 heterocycles. The molecule has 0 aliphatic heterocycles. The van der Waals surface area contributed by atoms with Gasteiger partial charge in [0.15, 0.2) is 5.75 Å². The Balaban J connectivity index is 2.02. The molecule has 0 radical (unpaired) electrons. The maximum Gasteiger partial charge on any atom is 0.370 e. The van der Waals surface area contributed by atoms with Gasteiger partial charge >= 0.3 is 11.6 Å². The van der Waals surface area contributed by atoms with Crippen molar-refractivity contribution in [3.05, 3.63) is 39.0 Å². The van der Waals surface area contributed by atoms with Crippen molar-refractivity contribution in [2.75, 3.05) is 24.7 Å². The summed E-state index contributed by atoms with van der Waals surface area (Å²) >= 11 is 7.71. The second kappa shape index (κ2) is 9.01. The first-order valence-electron chi connectivity index (χ1n) is 9.89. The van der Waals surface area contributed by atoms with E-state index in [1.165, 1.54) is 26.2 Å². The number of halogens is 1. The Labute approximate surface area is 201 Å². The first-order valence-corrected chi connectivity index (χ1v) is 12.5. The quantitative estimate of drug-likeness (QED) is 0.272. The first kappa shape index (κ1) is 25.1. The van der Waals surface area contributed by atoms with Crippen LogP contribution in [0.4, 0.5) is 17.3 Å². The molecule has 2 aromatic heterocycles. The number of sulfonamides is 1. The number of hydrogen-bond donors (Lipinski definition) is 4. The lowest BCUT2D eigenvalue weighted by molar-refractivity contribution is -1.03. The summed E-state index contributed by atoms with van der Waals surface area (Å²) < 4.78 is 31.1. The van der Waals surface area contributed by atoms with Crippen molar-refractivity contribution in [1.82, 2.24) is 9.46 Å². The van der Waals surface area contributed by atoms with Crippen LogP contribution in [0, 0.1) is 12.3 Å². The van der Waals surface area contributed by atoms with Crippen LogP contribution in [0.15, 0.2) is 33.8 Å². The summed E-state index contributed by atoms with van der Waals surface area (Å²) in [7, 11) is -1.39. The zero-order chi connectivity index (χ0) is 24.7. The highest BCUT2D eigenvalue weighted by molar-refractivity contribution is 7.89. The van der Waals surface area contributed by atoms with E-state index in [1.807, 2.05) is 19.1 Å². The Morgan fingerprint density at radius 1 is 1.24 bits per heavy atom. The monoisotopic (exact) mass is 516 g/mol. The van der Waals surface area contributed by atoms with Gasteiger partial charge in [0.05, 0.1) is 11.1 Å². The number of nitrogens with one attached hydrogen (secondary N) is 2. The van der Waals surface area contributed by atoms with Crippen LogP contribution < -0.4 is 15.5 Å². The van der Waals surface area contributed by atoms with E-state index >= 15 is 0 Å². The Kier molecular flexibility index (Phi) is 6.85. The number of aromatic nitrogens is 2. The molecular formula is C20H27ClN5O5S2+. The molecule has 0 saturated carbocycles. The van der Waals surface area contributed by atoms with Crippen LogP contribution in [0.3, 0.4) is 0 Å². The molecule has 0 bridgehead atoms. The number of nitrogens with zero attached hydrogens (tertiary/aromatic N) is 3. The fourth-order valence-corrected chi connectivity index (χ4v) is 5.77. The summed E-state index contributed by atoms with van der Waals surface area (Å²) in [5, 5.41) is 30.7. The van der Waals surface area contributed by atoms with Gasteiger partial charge in [-0.05, 0) is 36.6 Å². The molecule has 4 N–H and O–H groups in total. The van der Waals surface area contributed by atoms with Crippen molar-refractivity contribution in [2.24, 2.45) is 5.41 Å². The maximum atomic E-state index is 12.6. The predicted molar refractivity (Wildman–Crippen MR) is 126 cm³/mol. The van der Waals surface area contributed by atoms with Crippen LogP contribution in [0.5, 0.6) is 5.75 Å². The second-order valence-electron chi connectivity index (χ2n) is 8.72. The van der Waals surface area contributed by atoms with E-state index in [-0.39, 0.29) is 33.8 Å². The number of anilines is 3. The molecule has 0 unspecified atom stereocenters. The predicted octanol–water partition coefficient (Wildman–Crippen LogP) is 4.12. The molecule has 0 spiro atoms. The average Bonchev–Trinajstić information content (AvgIpc) is 3.26. The van der Waals surface area contributed by atoms with Crippen molar-refractivity contribution < 1.29 is 28.3 Å². The largest absolute Gasteiger partial charge is 0.503 e. The van der Waals surface area contributed by atoms with Gasteiger partial charge in [-0.15, -0.1) is 11.3 Å². The number of benzene rings is 1. The summed E-state index contributed by atoms with van der Waals surface area (Å²) in [6.45, 7) is 8.19. The fraction of sp³-hybridized carbons (Fsp3) is 0.400. The lowest BCUT2D eigenvalue weighted by atomic mass is 9.86. The van der Waals surface area contributed by atoms with Crippen LogP contribution in [0.25, 0.3) is 0 Å². The van der Waals surface area contributed by atoms with Crippen molar-refractivity contribution >= 4 is 50.3 Å². The molecular weight excluding hydrogens is 490 g/mol. The highest BCUT2D eigenvalue weighted by Gasteiger charge is 2.35. The van der Waals surface area contributed by atoms with E-state index < -0.39 is 20.7 Å². The van der Waals surface area contributed by atoms with E-state index in [9.17, 15) is 18.7 Å². The van der Waals surface area contributed by atoms with Gasteiger partial charge < -0.3 is 15.6 Å². The average molecular weight is 517 g/mol. The lowest BCUT2D eigenvalue weighted by Crippen LogP contribution is -2.31. The number of thiophene rings is 1. The van der Waals surface area contributed by atoms with Gasteiger partial charge in [0.1, 0.15) is 20.6 Å². The van der Waals surface area contributed by atoms with Crippen molar-refractivity contribution in [3.63, 3.8) is 0 Å². The highest BCUT2D eigenvalue weighted by Crippen LogP contribution is 2.42. The molecule has 3 rings (SSSR count). The molecule has 33 heavy (non-hydrogen) atoms. The number of hydrogen-bond acceptors (Lipinski definition) is 9. The third-order valence-electron chi connectivity index (χ3n) is 4.89. The van der Waals surface area contributed by atoms with Gasteiger partial charge in [-0.25, -0.2) is 12.7 Å². The molecule has 13 heteroatoms. The fourth-order valence-electron chi connectivity index (χ4n) is 3.12. The van der Waals surface area contributed by atoms with E-state index in [4.69, 9.17) is 16.2 Å². The Morgan fingerprint density at radius 2 is 1.91 bits per heavy atom. The van der Waals surface area contributed by atoms with E-state index in [2.05, 4.69) is 36.6 Å². The summed E-state index contributed by atoms with van der Waals surface area (Å²) in [4.78, 5) is 2.14. The Hall–Kier alpha value is -2.54. The van der Waals surface area contributed by atoms with Gasteiger partial charge in [-0.2, -0.15) is 0 Å². The summed E-state index contributed by atoms with van der Waals surface area (Å²) in [5.74, 6) is -0.484. The summed E-state index contributed by atoms with van der Waals surface area (Å²) in [5.41, 5.74) is -0.253. The highest BCUT2D eigenvalue weighted by atomic mass is 35.5. The standard InChI is InChI=1S/C20H26ClN5O5S2/c1-11-7-10-14(32-11)17(20(2,3)4)23-18-19(26(28)31-24-18)22-13-9-8-12(21)16(15(13)27)33(29,30)25(5)6/h7-10,17,28H,1-6H3,(H2,23,24,27)/p+1/t17-/m0/s1. The smallest absolute Gasteiger partial charge is 0.370 e. The van der Waals surface area contributed by atoms with E-state index in [0.29, 0.717) is 4.90 Å². The lowest BCUT2D eigenvalue weighted by Gasteiger charge is -2.29. The first-order chi connectivity index (χ1) is 15.2. The minimum atomic E-state index is -4.04. The molecule has 10 nitrogen and oxygen atoms in total. The zero-order valence-corrected chi connectivity index (χ0v) is 21.4. The maximum absolute atomic E-state index is 12.6. The number of aryl methyl sites for hydroxylation is 1. The van der Waals surface area contributed by atoms with Gasteiger partial charge in [-0.1, -0.05) is 37.0 Å². The molecule has 1 aromatic carbocycles. The minimum absolute atomic E-state index is 0.0202. The normalized spacial score (nSPS) is 13.3.